The van der Waals surface area contributed by atoms with Gasteiger partial charge in [-0.3, -0.25) is 10.2 Å². The molecule has 5 nitrogen and oxygen atoms in total. The van der Waals surface area contributed by atoms with Crippen molar-refractivity contribution in [2.24, 2.45) is 0 Å². The smallest absolute Gasteiger partial charge is 0.259 e. The molecule has 2 aromatic rings. The summed E-state index contributed by atoms with van der Waals surface area (Å²) in [6.07, 6.45) is 3.22. The molecule has 7 heteroatoms. The number of hydrogen-bond donors (Lipinski definition) is 2. The molecular formula is C20H17Cl2N3O2. The van der Waals surface area contributed by atoms with Crippen molar-refractivity contribution in [1.82, 2.24) is 4.90 Å². The van der Waals surface area contributed by atoms with Gasteiger partial charge in [0.15, 0.2) is 0 Å². The number of nitrogens with one attached hydrogen (secondary N) is 1. The van der Waals surface area contributed by atoms with Crippen molar-refractivity contribution in [3.8, 4) is 11.5 Å². The molecule has 0 radical (unpaired) electrons. The Morgan fingerprint density at radius 1 is 1.15 bits per heavy atom. The molecule has 3 rings (SSSR count). The number of amides is 1. The summed E-state index contributed by atoms with van der Waals surface area (Å²) >= 11 is 12.1. The van der Waals surface area contributed by atoms with Crippen LogP contribution in [0.3, 0.4) is 0 Å². The third-order valence-electron chi connectivity index (χ3n) is 4.11. The molecule has 27 heavy (non-hydrogen) atoms. The fraction of sp³-hybridized carbons (Fsp3) is 0.100. The summed E-state index contributed by atoms with van der Waals surface area (Å²) in [6, 6.07) is 10.0. The van der Waals surface area contributed by atoms with Crippen LogP contribution in [0.4, 0.5) is 5.69 Å². The van der Waals surface area contributed by atoms with Crippen molar-refractivity contribution in [3.63, 3.8) is 0 Å². The minimum absolute atomic E-state index is 0.109. The van der Waals surface area contributed by atoms with Crippen LogP contribution < -0.4 is 10.5 Å². The molecule has 0 aromatic heterocycles. The van der Waals surface area contributed by atoms with E-state index in [2.05, 4.69) is 0 Å². The van der Waals surface area contributed by atoms with E-state index in [0.29, 0.717) is 43.9 Å². The van der Waals surface area contributed by atoms with Crippen molar-refractivity contribution in [2.75, 3.05) is 12.8 Å². The number of ether oxygens (including phenoxy) is 1. The van der Waals surface area contributed by atoms with Crippen LogP contribution in [0.2, 0.25) is 10.0 Å². The summed E-state index contributed by atoms with van der Waals surface area (Å²) in [5.41, 5.74) is 8.00. The van der Waals surface area contributed by atoms with Crippen molar-refractivity contribution in [3.05, 3.63) is 69.9 Å². The minimum Gasteiger partial charge on any atom is -0.455 e. The van der Waals surface area contributed by atoms with Crippen molar-refractivity contribution >= 4 is 46.1 Å². The van der Waals surface area contributed by atoms with Crippen LogP contribution in [0.15, 0.2) is 54.2 Å². The number of nitrogen functional groups attached to an aromatic ring is 1. The molecule has 0 saturated carbocycles. The average molecular weight is 402 g/mol. The fourth-order valence-electron chi connectivity index (χ4n) is 2.75. The van der Waals surface area contributed by atoms with Gasteiger partial charge in [-0.15, -0.1) is 0 Å². The van der Waals surface area contributed by atoms with Crippen LogP contribution in [0.1, 0.15) is 12.5 Å². The Balaban J connectivity index is 2.11. The maximum atomic E-state index is 12.2. The molecule has 0 atom stereocenters. The van der Waals surface area contributed by atoms with Gasteiger partial charge in [0.1, 0.15) is 11.5 Å². The van der Waals surface area contributed by atoms with E-state index >= 15 is 0 Å². The molecule has 1 aliphatic rings. The zero-order valence-corrected chi connectivity index (χ0v) is 16.2. The monoisotopic (exact) mass is 401 g/mol. The summed E-state index contributed by atoms with van der Waals surface area (Å²) < 4.78 is 5.98. The molecule has 0 unspecified atom stereocenters. The Hall–Kier alpha value is -2.76. The van der Waals surface area contributed by atoms with E-state index in [9.17, 15) is 4.79 Å². The number of allylic oxidation sites excluding steroid dienone is 2. The van der Waals surface area contributed by atoms with Crippen LogP contribution in [0.25, 0.3) is 5.57 Å². The van der Waals surface area contributed by atoms with Crippen LogP contribution in [-0.4, -0.2) is 23.6 Å². The van der Waals surface area contributed by atoms with Gasteiger partial charge in [-0.2, -0.15) is 0 Å². The minimum atomic E-state index is -0.238. The summed E-state index contributed by atoms with van der Waals surface area (Å²) in [7, 11) is 1.64. The van der Waals surface area contributed by atoms with Gasteiger partial charge in [0, 0.05) is 35.1 Å². The lowest BCUT2D eigenvalue weighted by molar-refractivity contribution is -0.123. The van der Waals surface area contributed by atoms with Crippen LogP contribution >= 0.6 is 23.2 Å². The second-order valence-corrected chi connectivity index (χ2v) is 6.81. The molecule has 0 spiro atoms. The predicted octanol–water partition coefficient (Wildman–Crippen LogP) is 5.15. The van der Waals surface area contributed by atoms with E-state index in [-0.39, 0.29) is 11.6 Å². The molecule has 0 aliphatic carbocycles. The summed E-state index contributed by atoms with van der Waals surface area (Å²) in [5.74, 6) is 0.645. The molecule has 2 aromatic carbocycles. The average Bonchev–Trinajstić information content (AvgIpc) is 2.62. The van der Waals surface area contributed by atoms with E-state index in [4.69, 9.17) is 39.1 Å². The third kappa shape index (κ3) is 3.70. The summed E-state index contributed by atoms with van der Waals surface area (Å²) in [6.45, 7) is 1.73. The quantitative estimate of drug-likeness (QED) is 0.551. The van der Waals surface area contributed by atoms with Gasteiger partial charge in [-0.25, -0.2) is 0 Å². The Labute approximate surface area is 167 Å². The number of carbonyl (C=O) groups excluding carboxylic acids is 1. The normalized spacial score (nSPS) is 15.9. The number of likely N-dealkylation sites (N-methyl/N-ethyl adjacent to an activating group) is 1. The number of benzene rings is 2. The van der Waals surface area contributed by atoms with Crippen LogP contribution in [0.5, 0.6) is 11.5 Å². The topological polar surface area (TPSA) is 79.4 Å². The van der Waals surface area contributed by atoms with E-state index in [0.717, 1.165) is 0 Å². The fourth-order valence-corrected chi connectivity index (χ4v) is 3.20. The Morgan fingerprint density at radius 3 is 2.52 bits per heavy atom. The summed E-state index contributed by atoms with van der Waals surface area (Å²) in [5, 5.41) is 9.31. The molecule has 1 amide bonds. The highest BCUT2D eigenvalue weighted by molar-refractivity contribution is 6.41. The van der Waals surface area contributed by atoms with E-state index in [1.807, 2.05) is 0 Å². The van der Waals surface area contributed by atoms with Crippen LogP contribution in [-0.2, 0) is 4.79 Å². The lowest BCUT2D eigenvalue weighted by Crippen LogP contribution is -2.32. The maximum absolute atomic E-state index is 12.2. The summed E-state index contributed by atoms with van der Waals surface area (Å²) in [4.78, 5) is 13.7. The third-order valence-corrected chi connectivity index (χ3v) is 4.64. The molecular weight excluding hydrogens is 385 g/mol. The first-order valence-corrected chi connectivity index (χ1v) is 8.84. The molecule has 138 valence electrons. The lowest BCUT2D eigenvalue weighted by atomic mass is 9.92. The Morgan fingerprint density at radius 2 is 1.85 bits per heavy atom. The first-order chi connectivity index (χ1) is 12.8. The number of carbonyl (C=O) groups is 1. The second-order valence-electron chi connectivity index (χ2n) is 5.97. The highest BCUT2D eigenvalue weighted by Crippen LogP contribution is 2.38. The molecule has 3 N–H and O–H groups in total. The largest absolute Gasteiger partial charge is 0.455 e. The SMILES string of the molecule is C/C=C1\C(=N)C(c2cc(N)ccc2Oc2ccc(Cl)cc2Cl)=CN(C)C1=O. The molecule has 1 aliphatic heterocycles. The number of anilines is 1. The van der Waals surface area contributed by atoms with Gasteiger partial charge >= 0.3 is 0 Å². The number of rotatable bonds is 3. The Bertz CT molecular complexity index is 1010. The molecule has 0 bridgehead atoms. The van der Waals surface area contributed by atoms with Gasteiger partial charge < -0.3 is 15.4 Å². The first kappa shape index (κ1) is 19.0. The number of nitrogens with zero attached hydrogens (tertiary/aromatic N) is 1. The van der Waals surface area contributed by atoms with E-state index < -0.39 is 0 Å². The van der Waals surface area contributed by atoms with Crippen LogP contribution in [0, 0.1) is 5.41 Å². The zero-order chi connectivity index (χ0) is 19.7. The molecule has 1 heterocycles. The standard InChI is InChI=1S/C20H17Cl2N3O2/c1-3-13-19(24)15(10-25(2)20(13)26)14-9-12(23)5-7-17(14)27-18-6-4-11(21)8-16(18)22/h3-10,24H,23H2,1-2H3/b13-3+,24-19?. The maximum Gasteiger partial charge on any atom is 0.259 e. The van der Waals surface area contributed by atoms with Gasteiger partial charge in [-0.1, -0.05) is 29.3 Å². The van der Waals surface area contributed by atoms with Crippen molar-refractivity contribution < 1.29 is 9.53 Å². The Kier molecular flexibility index (Phi) is 5.26. The number of hydrogen-bond acceptors (Lipinski definition) is 4. The highest BCUT2D eigenvalue weighted by Gasteiger charge is 2.28. The van der Waals surface area contributed by atoms with Gasteiger partial charge in [-0.05, 0) is 43.3 Å². The van der Waals surface area contributed by atoms with Crippen molar-refractivity contribution in [1.29, 1.82) is 5.41 Å². The predicted molar refractivity (Wildman–Crippen MR) is 110 cm³/mol. The van der Waals surface area contributed by atoms with Crippen molar-refractivity contribution in [2.45, 2.75) is 6.92 Å². The first-order valence-electron chi connectivity index (χ1n) is 8.09. The van der Waals surface area contributed by atoms with E-state index in [1.165, 1.54) is 4.90 Å². The lowest BCUT2D eigenvalue weighted by Gasteiger charge is -2.25. The van der Waals surface area contributed by atoms with E-state index in [1.54, 1.807) is 62.6 Å². The van der Waals surface area contributed by atoms with Gasteiger partial charge in [0.05, 0.1) is 16.3 Å². The second kappa shape index (κ2) is 7.47. The number of halogens is 2. The molecule has 0 saturated heterocycles. The van der Waals surface area contributed by atoms with Gasteiger partial charge in [0.2, 0.25) is 0 Å². The highest BCUT2D eigenvalue weighted by atomic mass is 35.5. The number of nitrogens with two attached hydrogens (primary N) is 1. The molecule has 0 fully saturated rings. The van der Waals surface area contributed by atoms with Gasteiger partial charge in [0.25, 0.3) is 5.91 Å². The zero-order valence-electron chi connectivity index (χ0n) is 14.7.